The van der Waals surface area contributed by atoms with Crippen LogP contribution in [0, 0.1) is 0 Å². The van der Waals surface area contributed by atoms with E-state index in [0.29, 0.717) is 18.6 Å². The van der Waals surface area contributed by atoms with Crippen LogP contribution >= 0.6 is 0 Å². The van der Waals surface area contributed by atoms with Gasteiger partial charge in [-0.25, -0.2) is 4.79 Å². The lowest BCUT2D eigenvalue weighted by molar-refractivity contribution is 0.0609. The second-order valence-corrected chi connectivity index (χ2v) is 6.74. The van der Waals surface area contributed by atoms with Crippen LogP contribution in [0.15, 0.2) is 34.7 Å². The fourth-order valence-corrected chi connectivity index (χ4v) is 3.14. The number of ether oxygens (including phenoxy) is 1. The van der Waals surface area contributed by atoms with Gasteiger partial charge in [0.2, 0.25) is 0 Å². The van der Waals surface area contributed by atoms with Gasteiger partial charge in [-0.15, -0.1) is 0 Å². The lowest BCUT2D eigenvalue weighted by Crippen LogP contribution is -2.41. The summed E-state index contributed by atoms with van der Waals surface area (Å²) in [6, 6.07) is 8.61. The van der Waals surface area contributed by atoms with E-state index >= 15 is 0 Å². The maximum absolute atomic E-state index is 12.6. The van der Waals surface area contributed by atoms with Crippen molar-refractivity contribution in [3.8, 4) is 5.75 Å². The zero-order valence-corrected chi connectivity index (χ0v) is 14.5. The Labute approximate surface area is 145 Å². The number of hydrogen-bond donors (Lipinski definition) is 2. The van der Waals surface area contributed by atoms with Gasteiger partial charge in [-0.1, -0.05) is 25.1 Å². The van der Waals surface area contributed by atoms with Crippen LogP contribution in [0.25, 0.3) is 0 Å². The summed E-state index contributed by atoms with van der Waals surface area (Å²) in [7, 11) is 0. The molecular formula is C19H21NO5. The Hall–Kier alpha value is -2.76. The van der Waals surface area contributed by atoms with Crippen LogP contribution in [0.2, 0.25) is 0 Å². The van der Waals surface area contributed by atoms with Crippen LogP contribution in [0.3, 0.4) is 0 Å². The molecule has 1 atom stereocenters. The van der Waals surface area contributed by atoms with Gasteiger partial charge in [-0.05, 0) is 19.9 Å². The van der Waals surface area contributed by atoms with Crippen molar-refractivity contribution >= 4 is 11.9 Å². The van der Waals surface area contributed by atoms with Gasteiger partial charge in [0, 0.05) is 24.5 Å². The van der Waals surface area contributed by atoms with E-state index in [1.54, 1.807) is 6.92 Å². The minimum atomic E-state index is -1.10. The molecule has 3 rings (SSSR count). The van der Waals surface area contributed by atoms with Gasteiger partial charge in [0.25, 0.3) is 5.91 Å². The average Bonchev–Trinajstić information content (AvgIpc) is 2.98. The largest absolute Gasteiger partial charge is 0.487 e. The molecule has 1 aliphatic heterocycles. The predicted molar refractivity (Wildman–Crippen MR) is 91.0 cm³/mol. The molecule has 0 saturated carbocycles. The Morgan fingerprint density at radius 1 is 1.32 bits per heavy atom. The molecule has 25 heavy (non-hydrogen) atoms. The number of carbonyl (C=O) groups is 2. The molecule has 1 amide bonds. The molecule has 1 aliphatic rings. The van der Waals surface area contributed by atoms with Gasteiger partial charge in [0.05, 0.1) is 6.04 Å². The maximum atomic E-state index is 12.6. The average molecular weight is 343 g/mol. The van der Waals surface area contributed by atoms with Crippen molar-refractivity contribution in [1.29, 1.82) is 0 Å². The van der Waals surface area contributed by atoms with Crippen LogP contribution < -0.4 is 10.1 Å². The molecule has 2 aromatic rings. The number of furan rings is 1. The van der Waals surface area contributed by atoms with E-state index in [-0.39, 0.29) is 17.4 Å². The van der Waals surface area contributed by atoms with Gasteiger partial charge in [0.15, 0.2) is 5.76 Å². The number of aryl methyl sites for hydroxylation is 1. The zero-order chi connectivity index (χ0) is 18.2. The lowest BCUT2D eigenvalue weighted by atomic mass is 9.89. The van der Waals surface area contributed by atoms with E-state index in [1.807, 2.05) is 38.1 Å². The second kappa shape index (κ2) is 6.27. The summed E-state index contributed by atoms with van der Waals surface area (Å²) in [6.07, 6.45) is 1.00. The third-order valence-electron chi connectivity index (χ3n) is 4.27. The summed E-state index contributed by atoms with van der Waals surface area (Å²) >= 11 is 0. The normalized spacial score (nSPS) is 18.1. The van der Waals surface area contributed by atoms with Crippen molar-refractivity contribution in [2.75, 3.05) is 0 Å². The molecule has 6 nitrogen and oxygen atoms in total. The van der Waals surface area contributed by atoms with Gasteiger partial charge in [-0.2, -0.15) is 0 Å². The summed E-state index contributed by atoms with van der Waals surface area (Å²) in [4.78, 5) is 23.8. The maximum Gasteiger partial charge on any atom is 0.339 e. The molecule has 0 fully saturated rings. The van der Waals surface area contributed by atoms with E-state index in [9.17, 15) is 14.7 Å². The Kier molecular flexibility index (Phi) is 4.29. The third-order valence-corrected chi connectivity index (χ3v) is 4.27. The highest BCUT2D eigenvalue weighted by atomic mass is 16.5. The predicted octanol–water partition coefficient (Wildman–Crippen LogP) is 3.57. The number of benzene rings is 1. The highest BCUT2D eigenvalue weighted by Crippen LogP contribution is 2.39. The number of carboxylic acid groups (broad SMARTS) is 1. The highest BCUT2D eigenvalue weighted by molar-refractivity contribution is 5.96. The minimum absolute atomic E-state index is 0.0102. The number of hydrogen-bond acceptors (Lipinski definition) is 4. The second-order valence-electron chi connectivity index (χ2n) is 6.74. The fraction of sp³-hybridized carbons (Fsp3) is 0.368. The van der Waals surface area contributed by atoms with E-state index in [1.165, 1.54) is 6.07 Å². The molecule has 2 heterocycles. The number of para-hydroxylation sites is 1. The number of carbonyl (C=O) groups excluding carboxylic acids is 1. The van der Waals surface area contributed by atoms with E-state index in [0.717, 1.165) is 11.3 Å². The first kappa shape index (κ1) is 17.1. The van der Waals surface area contributed by atoms with Crippen LogP contribution in [0.5, 0.6) is 5.75 Å². The molecule has 6 heteroatoms. The molecule has 0 radical (unpaired) electrons. The van der Waals surface area contributed by atoms with Crippen molar-refractivity contribution in [1.82, 2.24) is 5.32 Å². The van der Waals surface area contributed by atoms with Crippen LogP contribution in [0.4, 0.5) is 0 Å². The molecular weight excluding hydrogens is 322 g/mol. The molecule has 1 aromatic carbocycles. The molecule has 0 saturated heterocycles. The SMILES string of the molecule is CCc1oc(C(=O)NC2CC(C)(C)Oc3ccccc32)cc1C(=O)O. The van der Waals surface area contributed by atoms with Crippen LogP contribution in [0.1, 0.15) is 65.5 Å². The molecule has 1 aromatic heterocycles. The number of aromatic carboxylic acids is 1. The van der Waals surface area contributed by atoms with Crippen LogP contribution in [-0.4, -0.2) is 22.6 Å². The topological polar surface area (TPSA) is 88.8 Å². The Balaban J connectivity index is 1.87. The van der Waals surface area contributed by atoms with Crippen molar-refractivity contribution in [2.24, 2.45) is 0 Å². The monoisotopic (exact) mass is 343 g/mol. The van der Waals surface area contributed by atoms with Gasteiger partial charge < -0.3 is 19.6 Å². The van der Waals surface area contributed by atoms with Crippen molar-refractivity contribution in [2.45, 2.75) is 45.3 Å². The molecule has 132 valence electrons. The van der Waals surface area contributed by atoms with Crippen molar-refractivity contribution in [3.05, 3.63) is 53.0 Å². The standard InChI is InChI=1S/C19H21NO5/c1-4-14-12(18(22)23)9-16(24-14)17(21)20-13-10-19(2,3)25-15-8-6-5-7-11(13)15/h5-9,13H,4,10H2,1-3H3,(H,20,21)(H,22,23). The molecule has 1 unspecified atom stereocenters. The summed E-state index contributed by atoms with van der Waals surface area (Å²) in [5, 5.41) is 12.1. The molecule has 2 N–H and O–H groups in total. The minimum Gasteiger partial charge on any atom is -0.487 e. The summed E-state index contributed by atoms with van der Waals surface area (Å²) in [5.74, 6) is -0.484. The molecule has 0 aliphatic carbocycles. The Bertz CT molecular complexity index is 821. The number of fused-ring (bicyclic) bond motifs is 1. The summed E-state index contributed by atoms with van der Waals surface area (Å²) in [6.45, 7) is 5.71. The quantitative estimate of drug-likeness (QED) is 0.886. The van der Waals surface area contributed by atoms with Crippen LogP contribution in [-0.2, 0) is 6.42 Å². The van der Waals surface area contributed by atoms with Gasteiger partial charge in [0.1, 0.15) is 22.7 Å². The number of rotatable bonds is 4. The van der Waals surface area contributed by atoms with Crippen molar-refractivity contribution in [3.63, 3.8) is 0 Å². The van der Waals surface area contributed by atoms with Gasteiger partial charge >= 0.3 is 5.97 Å². The first-order valence-corrected chi connectivity index (χ1v) is 8.25. The lowest BCUT2D eigenvalue weighted by Gasteiger charge is -2.37. The van der Waals surface area contributed by atoms with Gasteiger partial charge in [-0.3, -0.25) is 4.79 Å². The molecule has 0 spiro atoms. The van der Waals surface area contributed by atoms with E-state index in [4.69, 9.17) is 9.15 Å². The van der Waals surface area contributed by atoms with Crippen molar-refractivity contribution < 1.29 is 23.8 Å². The summed E-state index contributed by atoms with van der Waals surface area (Å²) < 4.78 is 11.4. The zero-order valence-electron chi connectivity index (χ0n) is 14.5. The first-order chi connectivity index (χ1) is 11.8. The van der Waals surface area contributed by atoms with E-state index in [2.05, 4.69) is 5.32 Å². The number of nitrogens with one attached hydrogen (secondary N) is 1. The number of amides is 1. The number of carboxylic acids is 1. The van der Waals surface area contributed by atoms with E-state index < -0.39 is 17.5 Å². The Morgan fingerprint density at radius 2 is 2.04 bits per heavy atom. The highest BCUT2D eigenvalue weighted by Gasteiger charge is 2.35. The molecule has 0 bridgehead atoms. The summed E-state index contributed by atoms with van der Waals surface area (Å²) in [5.41, 5.74) is 0.507. The smallest absolute Gasteiger partial charge is 0.339 e. The fourth-order valence-electron chi connectivity index (χ4n) is 3.14. The first-order valence-electron chi connectivity index (χ1n) is 8.25. The third kappa shape index (κ3) is 3.38. The Morgan fingerprint density at radius 3 is 2.68 bits per heavy atom.